The van der Waals surface area contributed by atoms with Gasteiger partial charge in [0.1, 0.15) is 0 Å². The van der Waals surface area contributed by atoms with Gasteiger partial charge in [0.05, 0.1) is 5.84 Å². The zero-order valence-corrected chi connectivity index (χ0v) is 12.9. The van der Waals surface area contributed by atoms with Gasteiger partial charge in [-0.1, -0.05) is 85.0 Å². The lowest BCUT2D eigenvalue weighted by molar-refractivity contribution is 0.432. The maximum atomic E-state index is 7.50. The number of hydrogen-bond donors (Lipinski definition) is 2. The van der Waals surface area contributed by atoms with Crippen LogP contribution in [0.15, 0.2) is 0 Å². The van der Waals surface area contributed by atoms with Crippen molar-refractivity contribution in [1.29, 1.82) is 5.41 Å². The monoisotopic (exact) mass is 254 g/mol. The van der Waals surface area contributed by atoms with Gasteiger partial charge in [-0.15, -0.1) is 0 Å². The number of hydrogen-bond acceptors (Lipinski definition) is 1. The number of nitrogens with one attached hydrogen (secondary N) is 1. The minimum absolute atomic E-state index is 0.0971. The molecular formula is C16H34N2. The number of rotatable bonds is 12. The molecule has 0 atom stereocenters. The molecule has 0 spiro atoms. The highest BCUT2D eigenvalue weighted by atomic mass is 14.7. The summed E-state index contributed by atoms with van der Waals surface area (Å²) in [5.74, 6) is 0.332. The SMILES string of the molecule is CCCCCCCCCCCCC(C)(C)C(=N)N. The van der Waals surface area contributed by atoms with E-state index in [1.54, 1.807) is 0 Å². The van der Waals surface area contributed by atoms with Crippen molar-refractivity contribution in [3.8, 4) is 0 Å². The summed E-state index contributed by atoms with van der Waals surface area (Å²) in [6.45, 7) is 6.41. The zero-order valence-electron chi connectivity index (χ0n) is 12.9. The first-order valence-electron chi connectivity index (χ1n) is 7.85. The van der Waals surface area contributed by atoms with Crippen LogP contribution in [0.4, 0.5) is 0 Å². The molecule has 0 aromatic rings. The highest BCUT2D eigenvalue weighted by molar-refractivity contribution is 5.82. The molecule has 0 saturated heterocycles. The standard InChI is InChI=1S/C16H34N2/c1-4-5-6-7-8-9-10-11-12-13-14-16(2,3)15(17)18/h4-14H2,1-3H3,(H3,17,18). The maximum absolute atomic E-state index is 7.50. The number of amidine groups is 1. The van der Waals surface area contributed by atoms with Crippen LogP contribution in [0.5, 0.6) is 0 Å². The van der Waals surface area contributed by atoms with E-state index in [9.17, 15) is 0 Å². The highest BCUT2D eigenvalue weighted by Gasteiger charge is 2.20. The fraction of sp³-hybridized carbons (Fsp3) is 0.938. The van der Waals surface area contributed by atoms with Crippen LogP contribution < -0.4 is 5.73 Å². The highest BCUT2D eigenvalue weighted by Crippen LogP contribution is 2.23. The van der Waals surface area contributed by atoms with E-state index in [-0.39, 0.29) is 5.41 Å². The Morgan fingerprint density at radius 3 is 1.61 bits per heavy atom. The summed E-state index contributed by atoms with van der Waals surface area (Å²) in [6.07, 6.45) is 14.7. The minimum atomic E-state index is -0.0971. The molecule has 2 nitrogen and oxygen atoms in total. The molecule has 0 heterocycles. The van der Waals surface area contributed by atoms with E-state index in [2.05, 4.69) is 20.8 Å². The predicted molar refractivity (Wildman–Crippen MR) is 82.2 cm³/mol. The van der Waals surface area contributed by atoms with Gasteiger partial charge in [-0.3, -0.25) is 5.41 Å². The van der Waals surface area contributed by atoms with E-state index in [0.29, 0.717) is 5.84 Å². The first kappa shape index (κ1) is 17.5. The van der Waals surface area contributed by atoms with Crippen LogP contribution in [0.2, 0.25) is 0 Å². The largest absolute Gasteiger partial charge is 0.387 e. The molecule has 0 aromatic carbocycles. The van der Waals surface area contributed by atoms with E-state index in [1.807, 2.05) is 0 Å². The van der Waals surface area contributed by atoms with Gasteiger partial charge in [0.2, 0.25) is 0 Å². The van der Waals surface area contributed by atoms with Crippen LogP contribution in [0, 0.1) is 10.8 Å². The van der Waals surface area contributed by atoms with Crippen molar-refractivity contribution in [2.45, 2.75) is 91.4 Å². The first-order chi connectivity index (χ1) is 8.50. The Morgan fingerprint density at radius 2 is 1.22 bits per heavy atom. The van der Waals surface area contributed by atoms with Crippen LogP contribution in [0.1, 0.15) is 91.4 Å². The van der Waals surface area contributed by atoms with E-state index in [4.69, 9.17) is 11.1 Å². The maximum Gasteiger partial charge on any atom is 0.0963 e. The van der Waals surface area contributed by atoms with Crippen molar-refractivity contribution in [3.63, 3.8) is 0 Å². The second kappa shape index (κ2) is 10.4. The number of unbranched alkanes of at least 4 members (excludes halogenated alkanes) is 9. The van der Waals surface area contributed by atoms with Crippen molar-refractivity contribution >= 4 is 5.84 Å². The Bertz CT molecular complexity index is 209. The molecule has 0 amide bonds. The molecule has 0 radical (unpaired) electrons. The Morgan fingerprint density at radius 1 is 0.833 bits per heavy atom. The summed E-state index contributed by atoms with van der Waals surface area (Å²) in [6, 6.07) is 0. The Balaban J connectivity index is 3.24. The summed E-state index contributed by atoms with van der Waals surface area (Å²) in [5.41, 5.74) is 5.48. The van der Waals surface area contributed by atoms with Gasteiger partial charge >= 0.3 is 0 Å². The van der Waals surface area contributed by atoms with E-state index >= 15 is 0 Å². The molecule has 0 rings (SSSR count). The minimum Gasteiger partial charge on any atom is -0.387 e. The molecule has 0 unspecified atom stereocenters. The molecule has 0 aromatic heterocycles. The molecule has 2 heteroatoms. The third kappa shape index (κ3) is 9.49. The summed E-state index contributed by atoms with van der Waals surface area (Å²) in [7, 11) is 0. The van der Waals surface area contributed by atoms with E-state index < -0.39 is 0 Å². The molecule has 0 bridgehead atoms. The average molecular weight is 254 g/mol. The van der Waals surface area contributed by atoms with Crippen LogP contribution in [0.3, 0.4) is 0 Å². The summed E-state index contributed by atoms with van der Waals surface area (Å²) >= 11 is 0. The second-order valence-electron chi connectivity index (χ2n) is 6.23. The quantitative estimate of drug-likeness (QED) is 0.278. The van der Waals surface area contributed by atoms with Gasteiger partial charge < -0.3 is 5.73 Å². The van der Waals surface area contributed by atoms with Crippen molar-refractivity contribution < 1.29 is 0 Å². The van der Waals surface area contributed by atoms with Gasteiger partial charge in [0.25, 0.3) is 0 Å². The van der Waals surface area contributed by atoms with Crippen LogP contribution >= 0.6 is 0 Å². The topological polar surface area (TPSA) is 49.9 Å². The molecule has 3 N–H and O–H groups in total. The Kier molecular flexibility index (Phi) is 10.1. The fourth-order valence-corrected chi connectivity index (χ4v) is 2.19. The normalized spacial score (nSPS) is 11.7. The molecule has 18 heavy (non-hydrogen) atoms. The molecular weight excluding hydrogens is 220 g/mol. The predicted octanol–water partition coefficient (Wildman–Crippen LogP) is 5.26. The molecule has 0 saturated carbocycles. The van der Waals surface area contributed by atoms with Gasteiger partial charge in [-0.2, -0.15) is 0 Å². The molecule has 0 aliphatic rings. The Labute approximate surface area is 114 Å². The second-order valence-corrected chi connectivity index (χ2v) is 6.23. The Hall–Kier alpha value is -0.530. The van der Waals surface area contributed by atoms with Gasteiger partial charge in [-0.05, 0) is 6.42 Å². The fourth-order valence-electron chi connectivity index (χ4n) is 2.19. The lowest BCUT2D eigenvalue weighted by Crippen LogP contribution is -2.30. The summed E-state index contributed by atoms with van der Waals surface area (Å²) in [5, 5.41) is 7.50. The average Bonchev–Trinajstić information content (AvgIpc) is 2.31. The van der Waals surface area contributed by atoms with E-state index in [0.717, 1.165) is 6.42 Å². The smallest absolute Gasteiger partial charge is 0.0963 e. The molecule has 0 fully saturated rings. The van der Waals surface area contributed by atoms with Crippen LogP contribution in [-0.4, -0.2) is 5.84 Å². The van der Waals surface area contributed by atoms with Gasteiger partial charge in [0.15, 0.2) is 0 Å². The van der Waals surface area contributed by atoms with Gasteiger partial charge in [0, 0.05) is 5.41 Å². The summed E-state index contributed by atoms with van der Waals surface area (Å²) < 4.78 is 0. The van der Waals surface area contributed by atoms with Crippen LogP contribution in [0.25, 0.3) is 0 Å². The molecule has 0 aliphatic carbocycles. The van der Waals surface area contributed by atoms with Crippen molar-refractivity contribution in [2.75, 3.05) is 0 Å². The van der Waals surface area contributed by atoms with Crippen LogP contribution in [-0.2, 0) is 0 Å². The molecule has 108 valence electrons. The van der Waals surface area contributed by atoms with E-state index in [1.165, 1.54) is 64.2 Å². The van der Waals surface area contributed by atoms with Crippen molar-refractivity contribution in [3.05, 3.63) is 0 Å². The summed E-state index contributed by atoms with van der Waals surface area (Å²) in [4.78, 5) is 0. The third-order valence-corrected chi connectivity index (χ3v) is 3.88. The lowest BCUT2D eigenvalue weighted by atomic mass is 9.85. The number of nitrogens with two attached hydrogens (primary N) is 1. The molecule has 0 aliphatic heterocycles. The van der Waals surface area contributed by atoms with Crippen molar-refractivity contribution in [2.24, 2.45) is 11.1 Å². The zero-order chi connectivity index (χ0) is 13.9. The third-order valence-electron chi connectivity index (χ3n) is 3.88. The van der Waals surface area contributed by atoms with Gasteiger partial charge in [-0.25, -0.2) is 0 Å². The lowest BCUT2D eigenvalue weighted by Gasteiger charge is -2.22. The van der Waals surface area contributed by atoms with Crippen molar-refractivity contribution in [1.82, 2.24) is 0 Å². The first-order valence-corrected chi connectivity index (χ1v) is 7.85.